The highest BCUT2D eigenvalue weighted by atomic mass is 19.1. The number of hydrogen-bond acceptors (Lipinski definition) is 0. The molecule has 2 rings (SSSR count). The first-order valence-corrected chi connectivity index (χ1v) is 9.80. The van der Waals surface area contributed by atoms with Crippen molar-refractivity contribution in [3.05, 3.63) is 0 Å². The van der Waals surface area contributed by atoms with Crippen LogP contribution in [0.1, 0.15) is 90.9 Å². The van der Waals surface area contributed by atoms with E-state index in [-0.39, 0.29) is 6.67 Å². The molecule has 1 unspecified atom stereocenters. The first kappa shape index (κ1) is 17.3. The lowest BCUT2D eigenvalue weighted by molar-refractivity contribution is 0.120. The predicted molar refractivity (Wildman–Crippen MR) is 90.2 cm³/mol. The molecule has 1 atom stereocenters. The summed E-state index contributed by atoms with van der Waals surface area (Å²) in [5.41, 5.74) is 0. The summed E-state index contributed by atoms with van der Waals surface area (Å²) in [5, 5.41) is 0. The predicted octanol–water partition coefficient (Wildman–Crippen LogP) is 6.79. The minimum atomic E-state index is -0.115. The van der Waals surface area contributed by atoms with Crippen LogP contribution in [-0.4, -0.2) is 6.67 Å². The Bertz CT molecular complexity index is 259. The minimum absolute atomic E-state index is 0.115. The molecule has 2 aliphatic rings. The molecule has 0 N–H and O–H groups in total. The molecule has 0 spiro atoms. The van der Waals surface area contributed by atoms with E-state index in [1.807, 2.05) is 0 Å². The van der Waals surface area contributed by atoms with Crippen molar-refractivity contribution < 1.29 is 4.39 Å². The molecule has 0 aromatic heterocycles. The second-order valence-electron chi connectivity index (χ2n) is 8.07. The van der Waals surface area contributed by atoms with Crippen molar-refractivity contribution in [2.24, 2.45) is 29.6 Å². The summed E-state index contributed by atoms with van der Waals surface area (Å²) < 4.78 is 12.5. The zero-order valence-corrected chi connectivity index (χ0v) is 14.5. The Balaban J connectivity index is 1.75. The molecule has 1 heteroatoms. The van der Waals surface area contributed by atoms with E-state index in [0.717, 1.165) is 42.4 Å². The number of alkyl halides is 1. The molecule has 0 bridgehead atoms. The third-order valence-corrected chi connectivity index (χ3v) is 6.58. The van der Waals surface area contributed by atoms with Gasteiger partial charge in [0.1, 0.15) is 0 Å². The normalized spacial score (nSPS) is 35.6. The first-order valence-electron chi connectivity index (χ1n) is 9.80. The second kappa shape index (κ2) is 9.16. The Kier molecular flexibility index (Phi) is 7.54. The van der Waals surface area contributed by atoms with Crippen molar-refractivity contribution in [3.8, 4) is 0 Å². The van der Waals surface area contributed by atoms with Crippen LogP contribution in [0, 0.1) is 29.6 Å². The smallest absolute Gasteiger partial charge is 0.0894 e. The van der Waals surface area contributed by atoms with E-state index in [2.05, 4.69) is 13.8 Å². The maximum absolute atomic E-state index is 12.5. The Morgan fingerprint density at radius 2 is 1.43 bits per heavy atom. The van der Waals surface area contributed by atoms with Crippen molar-refractivity contribution in [3.63, 3.8) is 0 Å². The molecule has 0 aromatic carbocycles. The minimum Gasteiger partial charge on any atom is -0.251 e. The molecule has 124 valence electrons. The van der Waals surface area contributed by atoms with Crippen LogP contribution in [-0.2, 0) is 0 Å². The van der Waals surface area contributed by atoms with Crippen LogP contribution in [0.4, 0.5) is 4.39 Å². The lowest BCUT2D eigenvalue weighted by atomic mass is 9.66. The highest BCUT2D eigenvalue weighted by Gasteiger charge is 2.32. The summed E-state index contributed by atoms with van der Waals surface area (Å²) in [7, 11) is 0. The van der Waals surface area contributed by atoms with Crippen molar-refractivity contribution in [2.75, 3.05) is 6.67 Å². The quantitative estimate of drug-likeness (QED) is 0.485. The molecule has 2 aliphatic carbocycles. The fraction of sp³-hybridized carbons (Fsp3) is 1.00. The first-order chi connectivity index (χ1) is 10.2. The lowest BCUT2D eigenvalue weighted by Gasteiger charge is -2.39. The van der Waals surface area contributed by atoms with Crippen LogP contribution in [0.2, 0.25) is 0 Å². The molecule has 0 aliphatic heterocycles. The fourth-order valence-electron chi connectivity index (χ4n) is 5.17. The van der Waals surface area contributed by atoms with Gasteiger partial charge in [-0.1, -0.05) is 39.5 Å². The molecule has 21 heavy (non-hydrogen) atoms. The van der Waals surface area contributed by atoms with E-state index in [1.54, 1.807) is 0 Å². The molecule has 0 heterocycles. The van der Waals surface area contributed by atoms with Gasteiger partial charge in [-0.05, 0) is 81.0 Å². The average Bonchev–Trinajstić information content (AvgIpc) is 2.52. The zero-order chi connectivity index (χ0) is 15.1. The Labute approximate surface area is 132 Å². The van der Waals surface area contributed by atoms with Crippen LogP contribution in [0.15, 0.2) is 0 Å². The third kappa shape index (κ3) is 5.25. The van der Waals surface area contributed by atoms with Gasteiger partial charge in [0.15, 0.2) is 0 Å². The zero-order valence-electron chi connectivity index (χ0n) is 14.5. The van der Waals surface area contributed by atoms with Gasteiger partial charge < -0.3 is 0 Å². The van der Waals surface area contributed by atoms with Crippen LogP contribution in [0.5, 0.6) is 0 Å². The Hall–Kier alpha value is -0.0700. The van der Waals surface area contributed by atoms with Gasteiger partial charge >= 0.3 is 0 Å². The van der Waals surface area contributed by atoms with Gasteiger partial charge in [0.2, 0.25) is 0 Å². The average molecular weight is 297 g/mol. The van der Waals surface area contributed by atoms with E-state index < -0.39 is 0 Å². The summed E-state index contributed by atoms with van der Waals surface area (Å²) in [6.45, 7) is 4.60. The van der Waals surface area contributed by atoms with E-state index in [0.29, 0.717) is 0 Å². The Morgan fingerprint density at radius 1 is 0.857 bits per heavy atom. The van der Waals surface area contributed by atoms with Gasteiger partial charge in [-0.3, -0.25) is 4.39 Å². The number of hydrogen-bond donors (Lipinski definition) is 0. The summed E-state index contributed by atoms with van der Waals surface area (Å²) in [6.07, 6.45) is 16.3. The maximum atomic E-state index is 12.5. The van der Waals surface area contributed by atoms with E-state index in [9.17, 15) is 4.39 Å². The molecule has 0 radical (unpaired) electrons. The van der Waals surface area contributed by atoms with Crippen LogP contribution < -0.4 is 0 Å². The highest BCUT2D eigenvalue weighted by Crippen LogP contribution is 2.44. The van der Waals surface area contributed by atoms with Crippen LogP contribution in [0.3, 0.4) is 0 Å². The molecule has 0 saturated heterocycles. The van der Waals surface area contributed by atoms with Crippen molar-refractivity contribution >= 4 is 0 Å². The van der Waals surface area contributed by atoms with E-state index in [4.69, 9.17) is 0 Å². The van der Waals surface area contributed by atoms with Gasteiger partial charge in [-0.25, -0.2) is 0 Å². The lowest BCUT2D eigenvalue weighted by Crippen LogP contribution is -2.28. The monoisotopic (exact) mass is 296 g/mol. The maximum Gasteiger partial charge on any atom is 0.0894 e. The standard InChI is InChI=1S/C20H37F/c1-3-5-17(6-4-15-21)19-11-13-20(14-12-19)18-9-7-16(2)8-10-18/h16-20H,3-15H2,1-2H3. The summed E-state index contributed by atoms with van der Waals surface area (Å²) in [6, 6.07) is 0. The largest absolute Gasteiger partial charge is 0.251 e. The van der Waals surface area contributed by atoms with E-state index >= 15 is 0 Å². The molecule has 0 amide bonds. The van der Waals surface area contributed by atoms with Gasteiger partial charge in [0.25, 0.3) is 0 Å². The topological polar surface area (TPSA) is 0 Å². The molecule has 2 fully saturated rings. The summed E-state index contributed by atoms with van der Waals surface area (Å²) in [5.74, 6) is 4.77. The molecular formula is C20H37F. The number of halogens is 1. The Morgan fingerprint density at radius 3 is 1.95 bits per heavy atom. The summed E-state index contributed by atoms with van der Waals surface area (Å²) in [4.78, 5) is 0. The van der Waals surface area contributed by atoms with Crippen molar-refractivity contribution in [1.82, 2.24) is 0 Å². The second-order valence-corrected chi connectivity index (χ2v) is 8.07. The van der Waals surface area contributed by atoms with Gasteiger partial charge in [-0.2, -0.15) is 0 Å². The molecule has 0 aromatic rings. The SMILES string of the molecule is CCCC(CCCF)C1CCC(C2CCC(C)CC2)CC1. The molecule has 2 saturated carbocycles. The fourth-order valence-corrected chi connectivity index (χ4v) is 5.17. The third-order valence-electron chi connectivity index (χ3n) is 6.58. The van der Waals surface area contributed by atoms with Crippen molar-refractivity contribution in [2.45, 2.75) is 90.9 Å². The number of rotatable bonds is 7. The van der Waals surface area contributed by atoms with Gasteiger partial charge in [-0.15, -0.1) is 0 Å². The van der Waals surface area contributed by atoms with Gasteiger partial charge in [0, 0.05) is 0 Å². The van der Waals surface area contributed by atoms with Crippen molar-refractivity contribution in [1.29, 1.82) is 0 Å². The molecule has 0 nitrogen and oxygen atoms in total. The molecular weight excluding hydrogens is 259 g/mol. The van der Waals surface area contributed by atoms with E-state index in [1.165, 1.54) is 64.2 Å². The highest BCUT2D eigenvalue weighted by molar-refractivity contribution is 4.83. The van der Waals surface area contributed by atoms with Crippen LogP contribution in [0.25, 0.3) is 0 Å². The van der Waals surface area contributed by atoms with Crippen LogP contribution >= 0.6 is 0 Å². The van der Waals surface area contributed by atoms with Gasteiger partial charge in [0.05, 0.1) is 6.67 Å². The summed E-state index contributed by atoms with van der Waals surface area (Å²) >= 11 is 0.